The lowest BCUT2D eigenvalue weighted by atomic mass is 10.1. The molecule has 1 N–H and O–H groups in total. The van der Waals surface area contributed by atoms with E-state index in [-0.39, 0.29) is 10.9 Å². The predicted octanol–water partition coefficient (Wildman–Crippen LogP) is 2.05. The fourth-order valence-electron chi connectivity index (χ4n) is 1.78. The van der Waals surface area contributed by atoms with Crippen LogP contribution in [0.3, 0.4) is 0 Å². The van der Waals surface area contributed by atoms with Crippen molar-refractivity contribution in [2.45, 2.75) is 24.3 Å². The quantitative estimate of drug-likeness (QED) is 0.917. The van der Waals surface area contributed by atoms with Gasteiger partial charge in [-0.15, -0.1) is 0 Å². The van der Waals surface area contributed by atoms with Gasteiger partial charge < -0.3 is 0 Å². The van der Waals surface area contributed by atoms with Crippen molar-refractivity contribution >= 4 is 10.0 Å². The van der Waals surface area contributed by atoms with Crippen molar-refractivity contribution in [2.24, 2.45) is 0 Å². The zero-order chi connectivity index (χ0) is 13.9. The van der Waals surface area contributed by atoms with Crippen molar-refractivity contribution in [2.75, 3.05) is 0 Å². The summed E-state index contributed by atoms with van der Waals surface area (Å²) in [7, 11) is -3.51. The summed E-state index contributed by atoms with van der Waals surface area (Å²) in [5.41, 5.74) is 1.57. The van der Waals surface area contributed by atoms with E-state index in [1.165, 1.54) is 0 Å². The maximum atomic E-state index is 12.1. The van der Waals surface area contributed by atoms with Crippen LogP contribution in [-0.4, -0.2) is 14.5 Å². The molecule has 0 amide bonds. The predicted molar refractivity (Wildman–Crippen MR) is 72.7 cm³/mol. The molecule has 0 saturated carbocycles. The van der Waals surface area contributed by atoms with E-state index >= 15 is 0 Å². The monoisotopic (exact) mass is 274 g/mol. The number of benzene rings is 1. The summed E-state index contributed by atoms with van der Waals surface area (Å²) in [6, 6.07) is 8.41. The van der Waals surface area contributed by atoms with Crippen molar-refractivity contribution in [3.05, 3.63) is 53.6 Å². The molecule has 0 bridgehead atoms. The van der Waals surface area contributed by atoms with E-state index in [4.69, 9.17) is 5.26 Å². The van der Waals surface area contributed by atoms with Crippen molar-refractivity contribution in [1.82, 2.24) is 4.72 Å². The minimum Gasteiger partial charge on any atom is -0.207 e. The van der Waals surface area contributed by atoms with Gasteiger partial charge in [0.15, 0.2) is 0 Å². The number of sulfonamides is 1. The summed E-state index contributed by atoms with van der Waals surface area (Å²) < 4.78 is 26.9. The summed E-state index contributed by atoms with van der Waals surface area (Å²) in [6.07, 6.45) is 5.54. The van der Waals surface area contributed by atoms with Crippen LogP contribution in [0, 0.1) is 18.3 Å². The highest BCUT2D eigenvalue weighted by atomic mass is 32.2. The standard InChI is InChI=1S/C14H14N2O2S/c1-11-2-8-14(9-3-11)19(17,18)16-13-6-4-12(10-15)5-7-13/h2-6,8-9,13,16H,7H2,1H3. The summed E-state index contributed by atoms with van der Waals surface area (Å²) in [4.78, 5) is 0.251. The number of allylic oxidation sites excluding steroid dienone is 2. The molecule has 0 aliphatic heterocycles. The van der Waals surface area contributed by atoms with E-state index in [0.717, 1.165) is 5.56 Å². The largest absolute Gasteiger partial charge is 0.241 e. The summed E-state index contributed by atoms with van der Waals surface area (Å²) >= 11 is 0. The molecule has 0 saturated heterocycles. The van der Waals surface area contributed by atoms with E-state index in [2.05, 4.69) is 4.72 Å². The summed E-state index contributed by atoms with van der Waals surface area (Å²) in [5, 5.41) is 8.71. The number of nitriles is 1. The van der Waals surface area contributed by atoms with Crippen molar-refractivity contribution in [3.63, 3.8) is 0 Å². The maximum absolute atomic E-state index is 12.1. The Kier molecular flexibility index (Phi) is 3.84. The molecule has 4 nitrogen and oxygen atoms in total. The van der Waals surface area contributed by atoms with E-state index in [1.807, 2.05) is 13.0 Å². The average Bonchev–Trinajstić information content (AvgIpc) is 2.40. The molecule has 5 heteroatoms. The van der Waals surface area contributed by atoms with Crippen LogP contribution >= 0.6 is 0 Å². The third kappa shape index (κ3) is 3.31. The number of aryl methyl sites for hydroxylation is 1. The Balaban J connectivity index is 2.12. The zero-order valence-electron chi connectivity index (χ0n) is 10.5. The second-order valence-corrected chi connectivity index (χ2v) is 6.12. The molecular weight excluding hydrogens is 260 g/mol. The first-order valence-electron chi connectivity index (χ1n) is 5.89. The van der Waals surface area contributed by atoms with Gasteiger partial charge in [0, 0.05) is 11.6 Å². The molecule has 19 heavy (non-hydrogen) atoms. The van der Waals surface area contributed by atoms with Crippen LogP contribution in [0.1, 0.15) is 12.0 Å². The molecule has 0 heterocycles. The highest BCUT2D eigenvalue weighted by molar-refractivity contribution is 7.89. The molecule has 0 aromatic heterocycles. The van der Waals surface area contributed by atoms with Gasteiger partial charge in [0.1, 0.15) is 0 Å². The second kappa shape index (κ2) is 5.39. The van der Waals surface area contributed by atoms with Gasteiger partial charge in [0.2, 0.25) is 10.0 Å². The molecule has 1 aliphatic rings. The van der Waals surface area contributed by atoms with Crippen molar-refractivity contribution in [1.29, 1.82) is 5.26 Å². The van der Waals surface area contributed by atoms with Crippen LogP contribution in [0.2, 0.25) is 0 Å². The zero-order valence-corrected chi connectivity index (χ0v) is 11.3. The fraction of sp³-hybridized carbons (Fsp3) is 0.214. The molecule has 2 rings (SSSR count). The Hall–Kier alpha value is -1.90. The molecular formula is C14H14N2O2S. The number of nitrogens with zero attached hydrogens (tertiary/aromatic N) is 1. The Labute approximate surface area is 113 Å². The van der Waals surface area contributed by atoms with Gasteiger partial charge >= 0.3 is 0 Å². The number of rotatable bonds is 3. The smallest absolute Gasteiger partial charge is 0.207 e. The molecule has 0 radical (unpaired) electrons. The Morgan fingerprint density at radius 1 is 1.32 bits per heavy atom. The highest BCUT2D eigenvalue weighted by Crippen LogP contribution is 2.14. The lowest BCUT2D eigenvalue weighted by Gasteiger charge is -2.16. The van der Waals surface area contributed by atoms with Crippen LogP contribution in [0.15, 0.2) is 53.0 Å². The third-order valence-electron chi connectivity index (χ3n) is 2.87. The first kappa shape index (κ1) is 13.5. The van der Waals surface area contributed by atoms with Crippen LogP contribution in [0.5, 0.6) is 0 Å². The molecule has 1 unspecified atom stereocenters. The minimum absolute atomic E-state index is 0.251. The Morgan fingerprint density at radius 2 is 2.00 bits per heavy atom. The van der Waals surface area contributed by atoms with Gasteiger partial charge in [-0.05, 0) is 31.6 Å². The molecule has 1 aliphatic carbocycles. The lowest BCUT2D eigenvalue weighted by Crippen LogP contribution is -2.33. The Bertz CT molecular complexity index is 664. The maximum Gasteiger partial charge on any atom is 0.241 e. The average molecular weight is 274 g/mol. The summed E-state index contributed by atoms with van der Waals surface area (Å²) in [5.74, 6) is 0. The van der Waals surface area contributed by atoms with Crippen LogP contribution < -0.4 is 4.72 Å². The van der Waals surface area contributed by atoms with Gasteiger partial charge in [0.25, 0.3) is 0 Å². The van der Waals surface area contributed by atoms with Gasteiger partial charge in [-0.25, -0.2) is 13.1 Å². The first-order chi connectivity index (χ1) is 9.01. The fourth-order valence-corrected chi connectivity index (χ4v) is 2.98. The highest BCUT2D eigenvalue weighted by Gasteiger charge is 2.19. The second-order valence-electron chi connectivity index (χ2n) is 4.41. The first-order valence-corrected chi connectivity index (χ1v) is 7.37. The van der Waals surface area contributed by atoms with E-state index in [1.54, 1.807) is 42.5 Å². The van der Waals surface area contributed by atoms with E-state index < -0.39 is 10.0 Å². The molecule has 1 aromatic rings. The molecule has 1 atom stereocenters. The van der Waals surface area contributed by atoms with Gasteiger partial charge in [0.05, 0.1) is 11.0 Å². The van der Waals surface area contributed by atoms with E-state index in [9.17, 15) is 8.42 Å². The van der Waals surface area contributed by atoms with Crippen LogP contribution in [0.25, 0.3) is 0 Å². The Morgan fingerprint density at radius 3 is 2.53 bits per heavy atom. The van der Waals surface area contributed by atoms with E-state index in [0.29, 0.717) is 12.0 Å². The van der Waals surface area contributed by atoms with Gasteiger partial charge in [-0.3, -0.25) is 0 Å². The molecule has 1 aromatic carbocycles. The summed E-state index contributed by atoms with van der Waals surface area (Å²) in [6.45, 7) is 1.90. The normalized spacial score (nSPS) is 18.7. The topological polar surface area (TPSA) is 70.0 Å². The van der Waals surface area contributed by atoms with Gasteiger partial charge in [-0.2, -0.15) is 5.26 Å². The van der Waals surface area contributed by atoms with Gasteiger partial charge in [-0.1, -0.05) is 29.8 Å². The molecule has 98 valence electrons. The van der Waals surface area contributed by atoms with Crippen molar-refractivity contribution in [3.8, 4) is 6.07 Å². The molecule has 0 fully saturated rings. The third-order valence-corrected chi connectivity index (χ3v) is 4.37. The number of hydrogen-bond acceptors (Lipinski definition) is 3. The number of nitrogens with one attached hydrogen (secondary N) is 1. The van der Waals surface area contributed by atoms with Crippen LogP contribution in [0.4, 0.5) is 0 Å². The van der Waals surface area contributed by atoms with Crippen molar-refractivity contribution < 1.29 is 8.42 Å². The number of hydrogen-bond donors (Lipinski definition) is 1. The van der Waals surface area contributed by atoms with Crippen LogP contribution in [-0.2, 0) is 10.0 Å². The lowest BCUT2D eigenvalue weighted by molar-refractivity contribution is 0.570. The molecule has 0 spiro atoms. The minimum atomic E-state index is -3.51. The SMILES string of the molecule is Cc1ccc(S(=O)(=O)NC2C=CC(C#N)=CC2)cc1.